The first kappa shape index (κ1) is 18.6. The predicted molar refractivity (Wildman–Crippen MR) is 101 cm³/mol. The predicted octanol–water partition coefficient (Wildman–Crippen LogP) is 1.88. The van der Waals surface area contributed by atoms with Crippen LogP contribution in [0.3, 0.4) is 0 Å². The minimum Gasteiger partial charge on any atom is -0.331 e. The summed E-state index contributed by atoms with van der Waals surface area (Å²) in [6.45, 7) is 0.0532. The lowest BCUT2D eigenvalue weighted by Gasteiger charge is -2.27. The lowest BCUT2D eigenvalue weighted by atomic mass is 9.99. The highest BCUT2D eigenvalue weighted by atomic mass is 19.4. The molecule has 0 saturated carbocycles. The quantitative estimate of drug-likeness (QED) is 0.839. The molecule has 1 amide bonds. The Hall–Kier alpha value is -2.80. The van der Waals surface area contributed by atoms with Gasteiger partial charge in [-0.25, -0.2) is 0 Å². The van der Waals surface area contributed by atoms with Gasteiger partial charge in [0.15, 0.2) is 0 Å². The van der Waals surface area contributed by atoms with Crippen LogP contribution in [0.5, 0.6) is 0 Å². The van der Waals surface area contributed by atoms with Gasteiger partial charge in [0.1, 0.15) is 5.69 Å². The molecule has 1 aliphatic carbocycles. The van der Waals surface area contributed by atoms with Crippen molar-refractivity contribution in [2.75, 3.05) is 13.1 Å². The highest BCUT2D eigenvalue weighted by molar-refractivity contribution is 5.83. The molecule has 0 saturated heterocycles. The minimum atomic E-state index is -4.82. The SMILES string of the molecule is [NH3+]c1ccc(-n2cc(C3=CCN(C(=O)C(F)(F)F)CC3)c3c2=CCCC=3)cc1. The van der Waals surface area contributed by atoms with Crippen molar-refractivity contribution in [2.24, 2.45) is 0 Å². The molecular weight excluding hydrogens is 367 g/mol. The molecule has 7 heteroatoms. The Bertz CT molecular complexity index is 1060. The fourth-order valence-electron chi connectivity index (χ4n) is 3.81. The number of alkyl halides is 3. The summed E-state index contributed by atoms with van der Waals surface area (Å²) >= 11 is 0. The third kappa shape index (κ3) is 3.38. The zero-order chi connectivity index (χ0) is 19.9. The van der Waals surface area contributed by atoms with Crippen LogP contribution in [0.25, 0.3) is 23.4 Å². The van der Waals surface area contributed by atoms with E-state index in [4.69, 9.17) is 0 Å². The highest BCUT2D eigenvalue weighted by Gasteiger charge is 2.42. The van der Waals surface area contributed by atoms with E-state index in [1.165, 1.54) is 0 Å². The molecule has 2 aromatic rings. The minimum absolute atomic E-state index is 0.0203. The Labute approximate surface area is 160 Å². The zero-order valence-corrected chi connectivity index (χ0v) is 15.3. The van der Waals surface area contributed by atoms with Crippen LogP contribution in [0.4, 0.5) is 18.9 Å². The van der Waals surface area contributed by atoms with Crippen LogP contribution in [0.15, 0.2) is 36.5 Å². The van der Waals surface area contributed by atoms with Gasteiger partial charge in [0.25, 0.3) is 0 Å². The Balaban J connectivity index is 1.71. The maximum Gasteiger partial charge on any atom is 0.471 e. The summed E-state index contributed by atoms with van der Waals surface area (Å²) in [5.41, 5.74) is 7.89. The molecule has 28 heavy (non-hydrogen) atoms. The zero-order valence-electron chi connectivity index (χ0n) is 15.3. The van der Waals surface area contributed by atoms with Gasteiger partial charge < -0.3 is 15.2 Å². The van der Waals surface area contributed by atoms with E-state index >= 15 is 0 Å². The first-order valence-corrected chi connectivity index (χ1v) is 9.24. The van der Waals surface area contributed by atoms with Gasteiger partial charge in [0.05, 0.1) is 0 Å². The Morgan fingerprint density at radius 3 is 2.39 bits per heavy atom. The number of nitrogens with zero attached hydrogens (tertiary/aromatic N) is 2. The van der Waals surface area contributed by atoms with Gasteiger partial charge in [-0.15, -0.1) is 0 Å². The molecular formula is C21H21F3N3O+. The highest BCUT2D eigenvalue weighted by Crippen LogP contribution is 2.25. The maximum atomic E-state index is 12.7. The van der Waals surface area contributed by atoms with Crippen LogP contribution in [0, 0.1) is 0 Å². The Kier molecular flexibility index (Phi) is 4.63. The molecule has 2 heterocycles. The van der Waals surface area contributed by atoms with Gasteiger partial charge >= 0.3 is 12.1 Å². The van der Waals surface area contributed by atoms with E-state index in [0.29, 0.717) is 6.42 Å². The molecule has 4 rings (SSSR count). The van der Waals surface area contributed by atoms with Crippen LogP contribution in [-0.4, -0.2) is 34.6 Å². The van der Waals surface area contributed by atoms with Crippen LogP contribution < -0.4 is 16.3 Å². The summed E-state index contributed by atoms with van der Waals surface area (Å²) in [6.07, 6.45) is 5.65. The van der Waals surface area contributed by atoms with Crippen molar-refractivity contribution >= 4 is 29.3 Å². The molecule has 146 valence electrons. The molecule has 0 spiro atoms. The van der Waals surface area contributed by atoms with Crippen LogP contribution >= 0.6 is 0 Å². The number of aromatic nitrogens is 1. The summed E-state index contributed by atoms with van der Waals surface area (Å²) in [7, 11) is 0. The first-order valence-electron chi connectivity index (χ1n) is 9.24. The van der Waals surface area contributed by atoms with Gasteiger partial charge in [0.2, 0.25) is 0 Å². The number of carbonyl (C=O) groups excluding carboxylic acids is 1. The maximum absolute atomic E-state index is 12.7. The van der Waals surface area contributed by atoms with Crippen molar-refractivity contribution in [1.29, 1.82) is 0 Å². The summed E-state index contributed by atoms with van der Waals surface area (Å²) in [4.78, 5) is 12.3. The van der Waals surface area contributed by atoms with Gasteiger partial charge in [-0.1, -0.05) is 18.2 Å². The molecule has 1 aromatic heterocycles. The van der Waals surface area contributed by atoms with Gasteiger partial charge in [-0.3, -0.25) is 4.79 Å². The molecule has 0 bridgehead atoms. The molecule has 1 aliphatic heterocycles. The summed E-state index contributed by atoms with van der Waals surface area (Å²) in [6, 6.07) is 7.92. The number of amides is 1. The number of hydrogen-bond acceptors (Lipinski definition) is 1. The van der Waals surface area contributed by atoms with Crippen molar-refractivity contribution in [2.45, 2.75) is 25.4 Å². The average Bonchev–Trinajstić information content (AvgIpc) is 3.07. The fraction of sp³-hybridized carbons (Fsp3) is 0.286. The molecule has 4 nitrogen and oxygen atoms in total. The fourth-order valence-corrected chi connectivity index (χ4v) is 3.81. The monoisotopic (exact) mass is 388 g/mol. The molecule has 1 aromatic carbocycles. The third-order valence-corrected chi connectivity index (χ3v) is 5.24. The van der Waals surface area contributed by atoms with E-state index in [1.807, 2.05) is 30.5 Å². The van der Waals surface area contributed by atoms with Crippen LogP contribution in [0.2, 0.25) is 0 Å². The van der Waals surface area contributed by atoms with Crippen molar-refractivity contribution in [3.63, 3.8) is 0 Å². The van der Waals surface area contributed by atoms with Crippen molar-refractivity contribution in [3.05, 3.63) is 52.7 Å². The number of halogens is 3. The van der Waals surface area contributed by atoms with E-state index in [-0.39, 0.29) is 13.1 Å². The van der Waals surface area contributed by atoms with E-state index < -0.39 is 12.1 Å². The van der Waals surface area contributed by atoms with E-state index in [2.05, 4.69) is 22.5 Å². The summed E-state index contributed by atoms with van der Waals surface area (Å²) < 4.78 is 40.1. The normalized spacial score (nSPS) is 16.7. The van der Waals surface area contributed by atoms with Gasteiger partial charge in [-0.2, -0.15) is 13.2 Å². The number of benzene rings is 1. The van der Waals surface area contributed by atoms with Gasteiger partial charge in [0, 0.05) is 53.2 Å². The smallest absolute Gasteiger partial charge is 0.331 e. The number of quaternary nitrogens is 1. The first-order chi connectivity index (χ1) is 13.3. The van der Waals surface area contributed by atoms with E-state index in [0.717, 1.165) is 50.8 Å². The molecule has 0 fully saturated rings. The molecule has 0 unspecified atom stereocenters. The second-order valence-corrected chi connectivity index (χ2v) is 7.09. The van der Waals surface area contributed by atoms with Crippen LogP contribution in [-0.2, 0) is 4.79 Å². The Morgan fingerprint density at radius 2 is 1.75 bits per heavy atom. The van der Waals surface area contributed by atoms with Crippen LogP contribution in [0.1, 0.15) is 24.8 Å². The number of carbonyl (C=O) groups is 1. The number of fused-ring (bicyclic) bond motifs is 1. The standard InChI is InChI=1S/C21H20F3N3O/c22-21(23,24)20(28)26-11-9-14(10-12-26)18-13-27(16-7-5-15(25)6-8-16)19-4-2-1-3-17(18)19/h3-9,13H,1-2,10-12,25H2/p+1. The molecule has 3 N–H and O–H groups in total. The Morgan fingerprint density at radius 1 is 1.04 bits per heavy atom. The molecule has 0 atom stereocenters. The topological polar surface area (TPSA) is 52.9 Å². The van der Waals surface area contributed by atoms with E-state index in [9.17, 15) is 18.0 Å². The lowest BCUT2D eigenvalue weighted by Crippen LogP contribution is -2.43. The van der Waals surface area contributed by atoms with Crippen molar-refractivity contribution in [3.8, 4) is 5.69 Å². The average molecular weight is 388 g/mol. The number of rotatable bonds is 2. The largest absolute Gasteiger partial charge is 0.471 e. The van der Waals surface area contributed by atoms with E-state index in [1.54, 1.807) is 6.08 Å². The molecule has 0 radical (unpaired) electrons. The third-order valence-electron chi connectivity index (χ3n) is 5.24. The number of hydrogen-bond donors (Lipinski definition) is 1. The molecule has 2 aliphatic rings. The van der Waals surface area contributed by atoms with Gasteiger partial charge in [-0.05, 0) is 37.0 Å². The van der Waals surface area contributed by atoms with Crippen molar-refractivity contribution in [1.82, 2.24) is 9.47 Å². The second-order valence-electron chi connectivity index (χ2n) is 7.09. The van der Waals surface area contributed by atoms with Crippen molar-refractivity contribution < 1.29 is 23.7 Å². The lowest BCUT2D eigenvalue weighted by molar-refractivity contribution is -0.254. The summed E-state index contributed by atoms with van der Waals surface area (Å²) in [5, 5.41) is 2.22. The second kappa shape index (κ2) is 6.98. The summed E-state index contributed by atoms with van der Waals surface area (Å²) in [5.74, 6) is -1.77.